The summed E-state index contributed by atoms with van der Waals surface area (Å²) < 4.78 is 1.62. The summed E-state index contributed by atoms with van der Waals surface area (Å²) >= 11 is 0. The number of hydrogen-bond donors (Lipinski definition) is 0. The van der Waals surface area contributed by atoms with Gasteiger partial charge in [-0.05, 0) is 31.2 Å². The number of piperazine rings is 1. The van der Waals surface area contributed by atoms with E-state index in [1.54, 1.807) is 30.1 Å². The maximum absolute atomic E-state index is 12.5. The minimum absolute atomic E-state index is 0.0637. The van der Waals surface area contributed by atoms with Crippen LogP contribution in [0.2, 0.25) is 0 Å². The molecule has 4 rings (SSSR count). The molecule has 0 unspecified atom stereocenters. The maximum atomic E-state index is 12.5. The highest BCUT2D eigenvalue weighted by atomic mass is 16.1. The SMILES string of the molecule is C[C@@H]1CN(c2ccccn2)CCN1c1nc(-c2ccncc2)cc(=O)n1C. The molecule has 0 aromatic carbocycles. The summed E-state index contributed by atoms with van der Waals surface area (Å²) in [6.45, 7) is 4.58. The fourth-order valence-corrected chi connectivity index (χ4v) is 3.46. The Morgan fingerprint density at radius 3 is 2.59 bits per heavy atom. The first-order chi connectivity index (χ1) is 13.1. The van der Waals surface area contributed by atoms with E-state index in [9.17, 15) is 4.79 Å². The number of rotatable bonds is 3. The lowest BCUT2D eigenvalue weighted by Crippen LogP contribution is -2.53. The first-order valence-corrected chi connectivity index (χ1v) is 9.04. The molecule has 138 valence electrons. The predicted octanol–water partition coefficient (Wildman–Crippen LogP) is 1.95. The van der Waals surface area contributed by atoms with E-state index in [-0.39, 0.29) is 11.6 Å². The van der Waals surface area contributed by atoms with E-state index in [0.717, 1.165) is 31.0 Å². The van der Waals surface area contributed by atoms with Gasteiger partial charge in [-0.3, -0.25) is 14.3 Å². The molecular formula is C20H22N6O. The quantitative estimate of drug-likeness (QED) is 0.709. The van der Waals surface area contributed by atoms with Gasteiger partial charge in [-0.1, -0.05) is 6.07 Å². The molecule has 0 spiro atoms. The Kier molecular flexibility index (Phi) is 4.58. The summed E-state index contributed by atoms with van der Waals surface area (Å²) in [6, 6.07) is 11.5. The van der Waals surface area contributed by atoms with Gasteiger partial charge in [-0.15, -0.1) is 0 Å². The van der Waals surface area contributed by atoms with Crippen molar-refractivity contribution in [2.24, 2.45) is 7.05 Å². The van der Waals surface area contributed by atoms with Gasteiger partial charge in [0.05, 0.1) is 5.69 Å². The third-order valence-corrected chi connectivity index (χ3v) is 4.94. The Labute approximate surface area is 157 Å². The normalized spacial score (nSPS) is 17.2. The highest BCUT2D eigenvalue weighted by molar-refractivity contribution is 5.59. The van der Waals surface area contributed by atoms with Crippen LogP contribution < -0.4 is 15.4 Å². The molecule has 0 aliphatic carbocycles. The number of hydrogen-bond acceptors (Lipinski definition) is 6. The van der Waals surface area contributed by atoms with Crippen molar-refractivity contribution < 1.29 is 0 Å². The van der Waals surface area contributed by atoms with Crippen molar-refractivity contribution >= 4 is 11.8 Å². The van der Waals surface area contributed by atoms with Crippen molar-refractivity contribution in [1.82, 2.24) is 19.5 Å². The van der Waals surface area contributed by atoms with Crippen LogP contribution in [0.1, 0.15) is 6.92 Å². The molecule has 1 atom stereocenters. The molecule has 0 radical (unpaired) electrons. The van der Waals surface area contributed by atoms with Crippen molar-refractivity contribution in [3.05, 3.63) is 65.3 Å². The van der Waals surface area contributed by atoms with Crippen molar-refractivity contribution in [3.8, 4) is 11.3 Å². The number of aromatic nitrogens is 4. The summed E-state index contributed by atoms with van der Waals surface area (Å²) in [5, 5.41) is 0. The highest BCUT2D eigenvalue weighted by Crippen LogP contribution is 2.23. The van der Waals surface area contributed by atoms with Crippen LogP contribution in [0.25, 0.3) is 11.3 Å². The molecular weight excluding hydrogens is 340 g/mol. The van der Waals surface area contributed by atoms with Crippen LogP contribution in [-0.2, 0) is 7.05 Å². The Morgan fingerprint density at radius 1 is 1.07 bits per heavy atom. The van der Waals surface area contributed by atoms with Crippen LogP contribution in [0.5, 0.6) is 0 Å². The van der Waals surface area contributed by atoms with Gasteiger partial charge in [0, 0.05) is 62.9 Å². The molecule has 3 aromatic heterocycles. The van der Waals surface area contributed by atoms with Gasteiger partial charge in [-0.2, -0.15) is 0 Å². The average molecular weight is 362 g/mol. The van der Waals surface area contributed by atoms with Crippen LogP contribution in [0.3, 0.4) is 0 Å². The number of anilines is 2. The lowest BCUT2D eigenvalue weighted by Gasteiger charge is -2.41. The van der Waals surface area contributed by atoms with Gasteiger partial charge in [0.25, 0.3) is 5.56 Å². The summed E-state index contributed by atoms with van der Waals surface area (Å²) in [6.07, 6.45) is 5.24. The van der Waals surface area contributed by atoms with Gasteiger partial charge in [-0.25, -0.2) is 9.97 Å². The maximum Gasteiger partial charge on any atom is 0.255 e. The Hall–Kier alpha value is -3.22. The zero-order valence-corrected chi connectivity index (χ0v) is 15.5. The molecule has 7 nitrogen and oxygen atoms in total. The number of pyridine rings is 2. The highest BCUT2D eigenvalue weighted by Gasteiger charge is 2.27. The van der Waals surface area contributed by atoms with E-state index >= 15 is 0 Å². The molecule has 27 heavy (non-hydrogen) atoms. The van der Waals surface area contributed by atoms with Gasteiger partial charge in [0.2, 0.25) is 5.95 Å². The van der Waals surface area contributed by atoms with Gasteiger partial charge in [0.15, 0.2) is 0 Å². The second-order valence-corrected chi connectivity index (χ2v) is 6.75. The van der Waals surface area contributed by atoms with Crippen LogP contribution in [0.15, 0.2) is 59.8 Å². The zero-order valence-electron chi connectivity index (χ0n) is 15.5. The molecule has 0 bridgehead atoms. The van der Waals surface area contributed by atoms with Gasteiger partial charge in [0.1, 0.15) is 5.82 Å². The third kappa shape index (κ3) is 3.40. The standard InChI is InChI=1S/C20H22N6O/c1-15-14-25(18-5-3-4-8-22-18)11-12-26(15)20-23-17(13-19(27)24(20)2)16-6-9-21-10-7-16/h3-10,13,15H,11-12,14H2,1-2H3/t15-/m1/s1. The topological polar surface area (TPSA) is 67.2 Å². The summed E-state index contributed by atoms with van der Waals surface area (Å²) in [7, 11) is 1.78. The molecule has 1 saturated heterocycles. The summed E-state index contributed by atoms with van der Waals surface area (Å²) in [5.41, 5.74) is 1.50. The van der Waals surface area contributed by atoms with Crippen molar-refractivity contribution in [3.63, 3.8) is 0 Å². The molecule has 1 aliphatic rings. The lowest BCUT2D eigenvalue weighted by atomic mass is 10.2. The van der Waals surface area contributed by atoms with Crippen molar-refractivity contribution in [2.45, 2.75) is 13.0 Å². The molecule has 1 aliphatic heterocycles. The van der Waals surface area contributed by atoms with E-state index in [0.29, 0.717) is 11.6 Å². The zero-order chi connectivity index (χ0) is 18.8. The Balaban J connectivity index is 1.64. The van der Waals surface area contributed by atoms with E-state index in [1.807, 2.05) is 36.5 Å². The Bertz CT molecular complexity index is 973. The smallest absolute Gasteiger partial charge is 0.255 e. The average Bonchev–Trinajstić information content (AvgIpc) is 2.71. The van der Waals surface area contributed by atoms with Gasteiger partial charge >= 0.3 is 0 Å². The van der Waals surface area contributed by atoms with E-state index in [2.05, 4.69) is 26.7 Å². The van der Waals surface area contributed by atoms with Crippen LogP contribution in [0.4, 0.5) is 11.8 Å². The largest absolute Gasteiger partial charge is 0.353 e. The molecule has 0 saturated carbocycles. The minimum atomic E-state index is -0.0637. The van der Waals surface area contributed by atoms with E-state index < -0.39 is 0 Å². The number of nitrogens with zero attached hydrogens (tertiary/aromatic N) is 6. The van der Waals surface area contributed by atoms with Crippen LogP contribution in [0, 0.1) is 0 Å². The molecule has 0 N–H and O–H groups in total. The molecule has 4 heterocycles. The monoisotopic (exact) mass is 362 g/mol. The van der Waals surface area contributed by atoms with E-state index in [4.69, 9.17) is 4.98 Å². The fourth-order valence-electron chi connectivity index (χ4n) is 3.46. The molecule has 1 fully saturated rings. The molecule has 3 aromatic rings. The first kappa shape index (κ1) is 17.2. The van der Waals surface area contributed by atoms with E-state index in [1.165, 1.54) is 0 Å². The Morgan fingerprint density at radius 2 is 1.89 bits per heavy atom. The van der Waals surface area contributed by atoms with Crippen LogP contribution in [-0.4, -0.2) is 45.2 Å². The molecule has 0 amide bonds. The second-order valence-electron chi connectivity index (χ2n) is 6.75. The van der Waals surface area contributed by atoms with Crippen molar-refractivity contribution in [1.29, 1.82) is 0 Å². The third-order valence-electron chi connectivity index (χ3n) is 4.94. The first-order valence-electron chi connectivity index (χ1n) is 9.04. The van der Waals surface area contributed by atoms with Gasteiger partial charge < -0.3 is 9.80 Å². The van der Waals surface area contributed by atoms with Crippen LogP contribution >= 0.6 is 0 Å². The summed E-state index contributed by atoms with van der Waals surface area (Å²) in [4.78, 5) is 30.3. The fraction of sp³-hybridized carbons (Fsp3) is 0.300. The lowest BCUT2D eigenvalue weighted by molar-refractivity contribution is 0.527. The second kappa shape index (κ2) is 7.19. The summed E-state index contributed by atoms with van der Waals surface area (Å²) in [5.74, 6) is 1.68. The molecule has 7 heteroatoms. The van der Waals surface area contributed by atoms with Crippen molar-refractivity contribution in [2.75, 3.05) is 29.4 Å². The minimum Gasteiger partial charge on any atom is -0.353 e. The predicted molar refractivity (Wildman–Crippen MR) is 106 cm³/mol.